The molecule has 0 unspecified atom stereocenters. The highest BCUT2D eigenvalue weighted by Gasteiger charge is 2.11. The Morgan fingerprint density at radius 3 is 2.55 bits per heavy atom. The number of hydrogen-bond donors (Lipinski definition) is 4. The third-order valence-electron chi connectivity index (χ3n) is 4.37. The smallest absolute Gasteiger partial charge is 0.325 e. The predicted molar refractivity (Wildman–Crippen MR) is 118 cm³/mol. The van der Waals surface area contributed by atoms with Crippen LogP contribution >= 0.6 is 0 Å². The fourth-order valence-corrected chi connectivity index (χ4v) is 2.97. The van der Waals surface area contributed by atoms with Crippen LogP contribution in [0.3, 0.4) is 0 Å². The van der Waals surface area contributed by atoms with Gasteiger partial charge in [-0.2, -0.15) is 0 Å². The van der Waals surface area contributed by atoms with Crippen LogP contribution in [0.5, 0.6) is 0 Å². The van der Waals surface area contributed by atoms with Crippen LogP contribution < -0.4 is 21.9 Å². The van der Waals surface area contributed by atoms with E-state index >= 15 is 0 Å². The second kappa shape index (κ2) is 8.46. The average Bonchev–Trinajstić information content (AvgIpc) is 2.76. The van der Waals surface area contributed by atoms with Crippen molar-refractivity contribution in [1.29, 1.82) is 0 Å². The average molecular weight is 414 g/mol. The molecular weight excluding hydrogens is 396 g/mol. The molecule has 0 bridgehead atoms. The van der Waals surface area contributed by atoms with E-state index in [1.54, 1.807) is 24.3 Å². The fourth-order valence-electron chi connectivity index (χ4n) is 2.97. The lowest BCUT2D eigenvalue weighted by molar-refractivity contribution is 0.102. The van der Waals surface area contributed by atoms with Crippen molar-refractivity contribution in [3.8, 4) is 11.3 Å². The van der Waals surface area contributed by atoms with Crippen LogP contribution in [0, 0.1) is 6.92 Å². The summed E-state index contributed by atoms with van der Waals surface area (Å²) in [4.78, 5) is 48.7. The molecular formula is C22H18N6O3. The van der Waals surface area contributed by atoms with E-state index in [1.165, 1.54) is 0 Å². The molecule has 0 saturated carbocycles. The topological polar surface area (TPSA) is 133 Å². The number of aryl methyl sites for hydroxylation is 1. The summed E-state index contributed by atoms with van der Waals surface area (Å²) in [5.74, 6) is 0.695. The number of aromatic amines is 2. The van der Waals surface area contributed by atoms with Crippen molar-refractivity contribution in [2.24, 2.45) is 0 Å². The van der Waals surface area contributed by atoms with E-state index < -0.39 is 17.2 Å². The first-order valence-corrected chi connectivity index (χ1v) is 9.39. The third-order valence-corrected chi connectivity index (χ3v) is 4.37. The Morgan fingerprint density at radius 2 is 1.77 bits per heavy atom. The number of benzene rings is 2. The normalized spacial score (nSPS) is 10.5. The largest absolute Gasteiger partial charge is 0.340 e. The molecule has 0 saturated heterocycles. The van der Waals surface area contributed by atoms with E-state index in [4.69, 9.17) is 0 Å². The molecule has 154 valence electrons. The lowest BCUT2D eigenvalue weighted by atomic mass is 10.1. The zero-order chi connectivity index (χ0) is 21.8. The monoisotopic (exact) mass is 414 g/mol. The summed E-state index contributed by atoms with van der Waals surface area (Å²) in [7, 11) is 0. The Labute approximate surface area is 176 Å². The summed E-state index contributed by atoms with van der Waals surface area (Å²) in [6.07, 6.45) is 1.15. The molecule has 9 heteroatoms. The van der Waals surface area contributed by atoms with Crippen LogP contribution in [0.25, 0.3) is 11.3 Å². The van der Waals surface area contributed by atoms with Gasteiger partial charge in [-0.3, -0.25) is 14.6 Å². The Morgan fingerprint density at radius 1 is 0.968 bits per heavy atom. The number of amides is 1. The summed E-state index contributed by atoms with van der Waals surface area (Å²) in [6, 6.07) is 18.3. The molecule has 0 radical (unpaired) electrons. The molecule has 0 aliphatic rings. The van der Waals surface area contributed by atoms with E-state index in [1.807, 2.05) is 43.3 Å². The van der Waals surface area contributed by atoms with Gasteiger partial charge < -0.3 is 15.6 Å². The van der Waals surface area contributed by atoms with Gasteiger partial charge >= 0.3 is 5.69 Å². The Bertz CT molecular complexity index is 1360. The molecule has 4 aromatic rings. The molecule has 0 aliphatic heterocycles. The molecule has 0 fully saturated rings. The summed E-state index contributed by atoms with van der Waals surface area (Å²) in [6.45, 7) is 1.81. The maximum Gasteiger partial charge on any atom is 0.325 e. The molecule has 31 heavy (non-hydrogen) atoms. The van der Waals surface area contributed by atoms with Crippen molar-refractivity contribution in [2.75, 3.05) is 10.6 Å². The Kier molecular flexibility index (Phi) is 5.39. The Balaban J connectivity index is 1.56. The molecule has 0 atom stereocenters. The highest BCUT2D eigenvalue weighted by atomic mass is 16.2. The number of H-pyrrole nitrogens is 2. The maximum atomic E-state index is 12.5. The molecule has 2 heterocycles. The van der Waals surface area contributed by atoms with Gasteiger partial charge in [-0.15, -0.1) is 0 Å². The molecule has 1 amide bonds. The van der Waals surface area contributed by atoms with Gasteiger partial charge in [0, 0.05) is 29.1 Å². The van der Waals surface area contributed by atoms with Crippen molar-refractivity contribution >= 4 is 23.1 Å². The standard InChI is InChI=1S/C22H18N6O3/c1-13-24-17(14-6-3-2-4-7-14)11-19(25-13)26-16-9-5-8-15(10-16)20(29)27-18-12-23-22(31)28-21(18)30/h2-12H,1H3,(H,27,29)(H,24,25,26)(H2,23,28,30,31). The van der Waals surface area contributed by atoms with Crippen LogP contribution in [0.2, 0.25) is 0 Å². The molecule has 9 nitrogen and oxygen atoms in total. The van der Waals surface area contributed by atoms with Crippen molar-refractivity contribution in [1.82, 2.24) is 19.9 Å². The number of nitrogens with zero attached hydrogens (tertiary/aromatic N) is 2. The van der Waals surface area contributed by atoms with E-state index in [0.717, 1.165) is 17.5 Å². The minimum Gasteiger partial charge on any atom is -0.340 e. The number of anilines is 3. The van der Waals surface area contributed by atoms with Gasteiger partial charge in [0.25, 0.3) is 11.5 Å². The van der Waals surface area contributed by atoms with Gasteiger partial charge in [0.1, 0.15) is 17.3 Å². The molecule has 4 rings (SSSR count). The number of rotatable bonds is 5. The second-order valence-electron chi connectivity index (χ2n) is 6.70. The first kappa shape index (κ1) is 19.8. The summed E-state index contributed by atoms with van der Waals surface area (Å²) in [5, 5.41) is 5.66. The van der Waals surface area contributed by atoms with Gasteiger partial charge in [0.15, 0.2) is 0 Å². The molecule has 2 aromatic heterocycles. The summed E-state index contributed by atoms with van der Waals surface area (Å²) < 4.78 is 0. The second-order valence-corrected chi connectivity index (χ2v) is 6.70. The maximum absolute atomic E-state index is 12.5. The van der Waals surface area contributed by atoms with Crippen molar-refractivity contribution < 1.29 is 4.79 Å². The van der Waals surface area contributed by atoms with Gasteiger partial charge in [0.2, 0.25) is 0 Å². The van der Waals surface area contributed by atoms with Crippen LogP contribution in [-0.4, -0.2) is 25.8 Å². The van der Waals surface area contributed by atoms with Gasteiger partial charge in [-0.1, -0.05) is 36.4 Å². The quantitative estimate of drug-likeness (QED) is 0.397. The molecule has 0 aliphatic carbocycles. The van der Waals surface area contributed by atoms with Crippen LogP contribution in [0.15, 0.2) is 76.4 Å². The molecule has 0 spiro atoms. The van der Waals surface area contributed by atoms with Crippen molar-refractivity contribution in [2.45, 2.75) is 6.92 Å². The zero-order valence-electron chi connectivity index (χ0n) is 16.5. The van der Waals surface area contributed by atoms with Gasteiger partial charge in [0.05, 0.1) is 5.69 Å². The Hall–Kier alpha value is -4.53. The van der Waals surface area contributed by atoms with Gasteiger partial charge in [-0.05, 0) is 25.1 Å². The number of carbonyl (C=O) groups excluding carboxylic acids is 1. The van der Waals surface area contributed by atoms with E-state index in [0.29, 0.717) is 22.9 Å². The number of carbonyl (C=O) groups is 1. The van der Waals surface area contributed by atoms with Crippen LogP contribution in [0.4, 0.5) is 17.2 Å². The van der Waals surface area contributed by atoms with E-state index in [9.17, 15) is 14.4 Å². The third kappa shape index (κ3) is 4.73. The lowest BCUT2D eigenvalue weighted by Crippen LogP contribution is -2.26. The SMILES string of the molecule is Cc1nc(Nc2cccc(C(=O)Nc3c[nH]c(=O)[nH]c3=O)c2)cc(-c2ccccc2)n1. The minimum atomic E-state index is -0.684. The first-order chi connectivity index (χ1) is 15.0. The highest BCUT2D eigenvalue weighted by Crippen LogP contribution is 2.22. The number of aromatic nitrogens is 4. The van der Waals surface area contributed by atoms with Crippen LogP contribution in [0.1, 0.15) is 16.2 Å². The number of nitrogens with one attached hydrogen (secondary N) is 4. The summed E-state index contributed by atoms with van der Waals surface area (Å²) >= 11 is 0. The minimum absolute atomic E-state index is 0.0538. The predicted octanol–water partition coefficient (Wildman–Crippen LogP) is 2.82. The zero-order valence-corrected chi connectivity index (χ0v) is 16.5. The van der Waals surface area contributed by atoms with Gasteiger partial charge in [-0.25, -0.2) is 14.8 Å². The first-order valence-electron chi connectivity index (χ1n) is 9.39. The molecule has 4 N–H and O–H groups in total. The summed E-state index contributed by atoms with van der Waals surface area (Å²) in [5.41, 5.74) is 1.32. The molecule has 2 aromatic carbocycles. The van der Waals surface area contributed by atoms with E-state index in [2.05, 4.69) is 30.6 Å². The van der Waals surface area contributed by atoms with E-state index in [-0.39, 0.29) is 5.69 Å². The van der Waals surface area contributed by atoms with Crippen molar-refractivity contribution in [3.63, 3.8) is 0 Å². The lowest BCUT2D eigenvalue weighted by Gasteiger charge is -2.10. The van der Waals surface area contributed by atoms with Crippen molar-refractivity contribution in [3.05, 3.63) is 99.1 Å². The highest BCUT2D eigenvalue weighted by molar-refractivity contribution is 6.04. The fraction of sp³-hybridized carbons (Fsp3) is 0.0455. The number of hydrogen-bond acceptors (Lipinski definition) is 6. The van der Waals surface area contributed by atoms with Crippen LogP contribution in [-0.2, 0) is 0 Å².